The van der Waals surface area contributed by atoms with E-state index < -0.39 is 10.8 Å². The van der Waals surface area contributed by atoms with Crippen molar-refractivity contribution in [2.24, 2.45) is 5.73 Å². The lowest BCUT2D eigenvalue weighted by molar-refractivity contribution is -0.385. The Bertz CT molecular complexity index is 433. The number of benzene rings is 1. The minimum absolute atomic E-state index is 0.0352. The molecule has 0 aromatic heterocycles. The van der Waals surface area contributed by atoms with Crippen molar-refractivity contribution in [2.75, 3.05) is 13.2 Å². The van der Waals surface area contributed by atoms with Gasteiger partial charge in [-0.2, -0.15) is 0 Å². The summed E-state index contributed by atoms with van der Waals surface area (Å²) in [5.41, 5.74) is 4.81. The number of carbonyl (C=O) groups is 1. The molecule has 7 nitrogen and oxygen atoms in total. The second-order valence-corrected chi connectivity index (χ2v) is 3.30. The van der Waals surface area contributed by atoms with Crippen LogP contribution in [-0.2, 0) is 0 Å². The average molecular weight is 254 g/mol. The number of rotatable bonds is 6. The first-order valence-corrected chi connectivity index (χ1v) is 5.39. The Morgan fingerprint density at radius 1 is 1.28 bits per heavy atom. The first-order chi connectivity index (χ1) is 8.51. The Labute approximate surface area is 104 Å². The van der Waals surface area contributed by atoms with E-state index >= 15 is 0 Å². The van der Waals surface area contributed by atoms with Crippen LogP contribution in [0.25, 0.3) is 0 Å². The molecule has 0 aliphatic carbocycles. The van der Waals surface area contributed by atoms with E-state index in [4.69, 9.17) is 15.2 Å². The Morgan fingerprint density at radius 3 is 2.28 bits per heavy atom. The van der Waals surface area contributed by atoms with Gasteiger partial charge >= 0.3 is 5.69 Å². The molecule has 0 aliphatic rings. The highest BCUT2D eigenvalue weighted by molar-refractivity contribution is 5.96. The number of hydrogen-bond acceptors (Lipinski definition) is 5. The number of nitro benzene ring substituents is 1. The summed E-state index contributed by atoms with van der Waals surface area (Å²) in [7, 11) is 0. The lowest BCUT2D eigenvalue weighted by atomic mass is 10.1. The third-order valence-electron chi connectivity index (χ3n) is 2.12. The van der Waals surface area contributed by atoms with Gasteiger partial charge in [-0.15, -0.1) is 0 Å². The lowest BCUT2D eigenvalue weighted by Crippen LogP contribution is -2.14. The van der Waals surface area contributed by atoms with Crippen LogP contribution in [0.1, 0.15) is 24.2 Å². The van der Waals surface area contributed by atoms with Gasteiger partial charge in [0.15, 0.2) is 0 Å². The van der Waals surface area contributed by atoms with Gasteiger partial charge in [0.25, 0.3) is 5.91 Å². The topological polar surface area (TPSA) is 105 Å². The molecule has 0 aliphatic heterocycles. The number of nitrogens with zero attached hydrogens (tertiary/aromatic N) is 1. The van der Waals surface area contributed by atoms with Gasteiger partial charge in [0.05, 0.1) is 23.7 Å². The Hall–Kier alpha value is -2.31. The first kappa shape index (κ1) is 13.8. The van der Waals surface area contributed by atoms with Crippen LogP contribution in [0, 0.1) is 10.1 Å². The molecule has 0 spiro atoms. The van der Waals surface area contributed by atoms with Crippen LogP contribution >= 0.6 is 0 Å². The molecule has 7 heteroatoms. The molecule has 0 radical (unpaired) electrons. The number of primary amides is 1. The molecule has 1 rings (SSSR count). The molecule has 0 saturated heterocycles. The van der Waals surface area contributed by atoms with Crippen molar-refractivity contribution in [3.8, 4) is 11.5 Å². The molecule has 1 aromatic rings. The number of nitrogens with two attached hydrogens (primary N) is 1. The summed E-state index contributed by atoms with van der Waals surface area (Å²) in [5.74, 6) is -0.556. The van der Waals surface area contributed by atoms with E-state index in [9.17, 15) is 14.9 Å². The van der Waals surface area contributed by atoms with Crippen LogP contribution in [0.3, 0.4) is 0 Å². The monoisotopic (exact) mass is 254 g/mol. The molecule has 18 heavy (non-hydrogen) atoms. The molecule has 98 valence electrons. The summed E-state index contributed by atoms with van der Waals surface area (Å²) in [5, 5.41) is 10.9. The molecule has 1 amide bonds. The number of amides is 1. The van der Waals surface area contributed by atoms with E-state index in [2.05, 4.69) is 0 Å². The highest BCUT2D eigenvalue weighted by Crippen LogP contribution is 2.34. The Balaban J connectivity index is 3.39. The number of carbonyl (C=O) groups excluding carboxylic acids is 1. The maximum atomic E-state index is 11.2. The van der Waals surface area contributed by atoms with E-state index in [-0.39, 0.29) is 29.4 Å². The maximum Gasteiger partial charge on any atom is 0.312 e. The third kappa shape index (κ3) is 2.88. The van der Waals surface area contributed by atoms with Crippen LogP contribution in [0.2, 0.25) is 0 Å². The molecule has 0 saturated carbocycles. The minimum atomic E-state index is -0.787. The minimum Gasteiger partial charge on any atom is -0.493 e. The van der Waals surface area contributed by atoms with E-state index in [1.807, 2.05) is 0 Å². The van der Waals surface area contributed by atoms with Crippen molar-refractivity contribution in [2.45, 2.75) is 13.8 Å². The van der Waals surface area contributed by atoms with Gasteiger partial charge in [-0.1, -0.05) is 0 Å². The molecule has 0 bridgehead atoms. The normalized spacial score (nSPS) is 9.89. The standard InChI is InChI=1S/C11H14N2O5/c1-3-17-9-6-10(18-4-2)8(13(15)16)5-7(9)11(12)14/h5-6H,3-4H2,1-2H3,(H2,12,14). The zero-order valence-electron chi connectivity index (χ0n) is 10.1. The highest BCUT2D eigenvalue weighted by Gasteiger charge is 2.22. The van der Waals surface area contributed by atoms with Gasteiger partial charge in [-0.3, -0.25) is 14.9 Å². The smallest absolute Gasteiger partial charge is 0.312 e. The molecule has 0 fully saturated rings. The van der Waals surface area contributed by atoms with Gasteiger partial charge in [-0.05, 0) is 13.8 Å². The quantitative estimate of drug-likeness (QED) is 0.611. The summed E-state index contributed by atoms with van der Waals surface area (Å²) in [6, 6.07) is 2.38. The number of nitro groups is 1. The fourth-order valence-corrected chi connectivity index (χ4v) is 1.43. The van der Waals surface area contributed by atoms with Crippen molar-refractivity contribution in [3.05, 3.63) is 27.8 Å². The predicted molar refractivity (Wildman–Crippen MR) is 64.0 cm³/mol. The summed E-state index contributed by atoms with van der Waals surface area (Å²) in [6.07, 6.45) is 0. The van der Waals surface area contributed by atoms with Gasteiger partial charge in [0.2, 0.25) is 5.75 Å². The largest absolute Gasteiger partial charge is 0.493 e. The van der Waals surface area contributed by atoms with Crippen molar-refractivity contribution >= 4 is 11.6 Å². The molecular weight excluding hydrogens is 240 g/mol. The van der Waals surface area contributed by atoms with Crippen LogP contribution in [0.4, 0.5) is 5.69 Å². The SMILES string of the molecule is CCOc1cc(OCC)c([N+](=O)[O-])cc1C(N)=O. The Morgan fingerprint density at radius 2 is 1.83 bits per heavy atom. The molecule has 2 N–H and O–H groups in total. The second-order valence-electron chi connectivity index (χ2n) is 3.30. The zero-order chi connectivity index (χ0) is 13.7. The van der Waals surface area contributed by atoms with Crippen LogP contribution in [0.5, 0.6) is 11.5 Å². The van der Waals surface area contributed by atoms with Crippen molar-refractivity contribution < 1.29 is 19.2 Å². The fourth-order valence-electron chi connectivity index (χ4n) is 1.43. The third-order valence-corrected chi connectivity index (χ3v) is 2.12. The molecule has 0 atom stereocenters. The van der Waals surface area contributed by atoms with Crippen LogP contribution in [-0.4, -0.2) is 24.0 Å². The van der Waals surface area contributed by atoms with Crippen molar-refractivity contribution in [1.29, 1.82) is 0 Å². The zero-order valence-corrected chi connectivity index (χ0v) is 10.1. The van der Waals surface area contributed by atoms with Gasteiger partial charge in [-0.25, -0.2) is 0 Å². The summed E-state index contributed by atoms with van der Waals surface area (Å²) in [6.45, 7) is 4.00. The highest BCUT2D eigenvalue weighted by atomic mass is 16.6. The van der Waals surface area contributed by atoms with Gasteiger partial charge < -0.3 is 15.2 Å². The lowest BCUT2D eigenvalue weighted by Gasteiger charge is -2.11. The first-order valence-electron chi connectivity index (χ1n) is 5.39. The molecule has 0 unspecified atom stereocenters. The van der Waals surface area contributed by atoms with E-state index in [1.165, 1.54) is 6.07 Å². The predicted octanol–water partition coefficient (Wildman–Crippen LogP) is 1.49. The number of ether oxygens (including phenoxy) is 2. The van der Waals surface area contributed by atoms with Crippen LogP contribution in [0.15, 0.2) is 12.1 Å². The van der Waals surface area contributed by atoms with E-state index in [1.54, 1.807) is 13.8 Å². The second kappa shape index (κ2) is 5.85. The summed E-state index contributed by atoms with van der Waals surface area (Å²) < 4.78 is 10.4. The van der Waals surface area contributed by atoms with E-state index in [0.717, 1.165) is 6.07 Å². The summed E-state index contributed by atoms with van der Waals surface area (Å²) >= 11 is 0. The van der Waals surface area contributed by atoms with Crippen molar-refractivity contribution in [1.82, 2.24) is 0 Å². The van der Waals surface area contributed by atoms with Gasteiger partial charge in [0.1, 0.15) is 5.75 Å². The molecule has 1 aromatic carbocycles. The van der Waals surface area contributed by atoms with E-state index in [0.29, 0.717) is 6.61 Å². The average Bonchev–Trinajstić information content (AvgIpc) is 2.29. The number of hydrogen-bond donors (Lipinski definition) is 1. The van der Waals surface area contributed by atoms with Crippen LogP contribution < -0.4 is 15.2 Å². The Kier molecular flexibility index (Phi) is 4.47. The van der Waals surface area contributed by atoms with Gasteiger partial charge in [0, 0.05) is 12.1 Å². The molecular formula is C11H14N2O5. The summed E-state index contributed by atoms with van der Waals surface area (Å²) in [4.78, 5) is 21.5. The maximum absolute atomic E-state index is 11.2. The fraction of sp³-hybridized carbons (Fsp3) is 0.364. The molecule has 0 heterocycles. The van der Waals surface area contributed by atoms with Crippen molar-refractivity contribution in [3.63, 3.8) is 0 Å².